The summed E-state index contributed by atoms with van der Waals surface area (Å²) in [5, 5.41) is 15.4. The van der Waals surface area contributed by atoms with Gasteiger partial charge in [0.15, 0.2) is 0 Å². The second-order valence-electron chi connectivity index (χ2n) is 5.40. The topological polar surface area (TPSA) is 71.1 Å². The molecule has 1 aliphatic heterocycles. The van der Waals surface area contributed by atoms with E-state index in [0.717, 1.165) is 51.9 Å². The number of carbonyl (C=O) groups excluding carboxylic acids is 1. The van der Waals surface area contributed by atoms with Crippen LogP contribution in [-0.4, -0.2) is 47.9 Å². The maximum atomic E-state index is 11.6. The van der Waals surface area contributed by atoms with E-state index in [9.17, 15) is 4.79 Å². The second-order valence-corrected chi connectivity index (χ2v) is 5.40. The molecule has 5 nitrogen and oxygen atoms in total. The van der Waals surface area contributed by atoms with Gasteiger partial charge in [0, 0.05) is 69.7 Å². The number of hydrogen-bond acceptors (Lipinski definition) is 4. The predicted molar refractivity (Wildman–Crippen MR) is 99.2 cm³/mol. The fourth-order valence-electron chi connectivity index (χ4n) is 3.13. The Labute approximate surface area is 167 Å². The molecule has 0 N–H and O–H groups in total. The van der Waals surface area contributed by atoms with E-state index in [4.69, 9.17) is 10.5 Å². The summed E-state index contributed by atoms with van der Waals surface area (Å²) >= 11 is 0. The Morgan fingerprint density at radius 1 is 1.00 bits per heavy atom. The van der Waals surface area contributed by atoms with Crippen LogP contribution in [0.4, 0.5) is 0 Å². The van der Waals surface area contributed by atoms with Gasteiger partial charge in [-0.15, -0.1) is 0 Å². The summed E-state index contributed by atoms with van der Waals surface area (Å²) < 4.78 is 0. The number of piperazine rings is 1. The van der Waals surface area contributed by atoms with Gasteiger partial charge < -0.3 is 4.90 Å². The summed E-state index contributed by atoms with van der Waals surface area (Å²) in [4.78, 5) is 16.1. The molecule has 2 aliphatic rings. The Kier molecular flexibility index (Phi) is 22.2. The predicted octanol–water partition coefficient (Wildman–Crippen LogP) is 3.81. The molecule has 0 bridgehead atoms. The Morgan fingerprint density at radius 2 is 1.44 bits per heavy atom. The van der Waals surface area contributed by atoms with Gasteiger partial charge in [-0.1, -0.05) is 34.6 Å². The van der Waals surface area contributed by atoms with Crippen LogP contribution >= 0.6 is 0 Å². The zero-order valence-electron chi connectivity index (χ0n) is 16.7. The van der Waals surface area contributed by atoms with E-state index in [1.807, 2.05) is 39.5 Å². The molecule has 0 unspecified atom stereocenters. The third kappa shape index (κ3) is 10.6. The molecule has 0 aromatic rings. The summed E-state index contributed by atoms with van der Waals surface area (Å²) in [5.41, 5.74) is 0. The molecule has 1 radical (unpaired) electrons. The van der Waals surface area contributed by atoms with E-state index in [1.54, 1.807) is 0 Å². The van der Waals surface area contributed by atoms with Crippen LogP contribution in [0.1, 0.15) is 66.7 Å². The molecule has 143 valence electrons. The maximum Gasteiger partial charge on any atom is 0.222 e. The minimum absolute atomic E-state index is 0. The number of nitrogens with zero attached hydrogens (tertiary/aromatic N) is 4. The number of nitriles is 2. The van der Waals surface area contributed by atoms with Gasteiger partial charge in [-0.2, -0.15) is 5.26 Å². The molecular weight excluding hydrogens is 351 g/mol. The Hall–Kier alpha value is -1.01. The Balaban J connectivity index is -0.000000626. The Bertz CT molecular complexity index is 365. The van der Waals surface area contributed by atoms with Gasteiger partial charge >= 0.3 is 0 Å². The van der Waals surface area contributed by atoms with Crippen molar-refractivity contribution in [3.05, 3.63) is 0 Å². The average molecular weight is 387 g/mol. The Morgan fingerprint density at radius 3 is 1.80 bits per heavy atom. The van der Waals surface area contributed by atoms with Gasteiger partial charge in [-0.05, 0) is 25.7 Å². The van der Waals surface area contributed by atoms with E-state index < -0.39 is 0 Å². The van der Waals surface area contributed by atoms with E-state index in [2.05, 4.69) is 17.5 Å². The van der Waals surface area contributed by atoms with Crippen molar-refractivity contribution in [2.45, 2.75) is 72.8 Å². The van der Waals surface area contributed by atoms with Crippen LogP contribution in [0, 0.1) is 29.1 Å². The minimum Gasteiger partial charge on any atom is -0.340 e. The van der Waals surface area contributed by atoms with Crippen LogP contribution < -0.4 is 0 Å². The van der Waals surface area contributed by atoms with Crippen molar-refractivity contribution in [2.24, 2.45) is 5.92 Å². The molecule has 1 heterocycles. The van der Waals surface area contributed by atoms with Crippen molar-refractivity contribution < 1.29 is 23.4 Å². The SMILES string of the molecule is C#N.CC.CC.CCC(=O)N1CCN(C2CCC(C#N)CC2)CC1.[V]. The summed E-state index contributed by atoms with van der Waals surface area (Å²) in [6, 6.07) is 3.03. The minimum atomic E-state index is 0. The van der Waals surface area contributed by atoms with Gasteiger partial charge in [0.05, 0.1) is 6.07 Å². The first-order chi connectivity index (χ1) is 11.7. The van der Waals surface area contributed by atoms with Crippen LogP contribution in [0.5, 0.6) is 0 Å². The fraction of sp³-hybridized carbons (Fsp3) is 0.842. The molecule has 2 rings (SSSR count). The quantitative estimate of drug-likeness (QED) is 0.722. The average Bonchev–Trinajstić information content (AvgIpc) is 2.72. The molecule has 0 aromatic heterocycles. The largest absolute Gasteiger partial charge is 0.340 e. The number of amides is 1. The first kappa shape index (κ1) is 28.8. The number of carbonyl (C=O) groups is 1. The normalized spacial score (nSPS) is 22.1. The summed E-state index contributed by atoms with van der Waals surface area (Å²) in [7, 11) is 0. The zero-order valence-corrected chi connectivity index (χ0v) is 18.1. The summed E-state index contributed by atoms with van der Waals surface area (Å²) in [6.07, 6.45) is 5.03. The van der Waals surface area contributed by atoms with Crippen molar-refractivity contribution in [2.75, 3.05) is 26.2 Å². The van der Waals surface area contributed by atoms with Gasteiger partial charge in [0.2, 0.25) is 5.91 Å². The van der Waals surface area contributed by atoms with Crippen molar-refractivity contribution in [3.63, 3.8) is 0 Å². The van der Waals surface area contributed by atoms with E-state index in [1.165, 1.54) is 0 Å². The van der Waals surface area contributed by atoms with Crippen LogP contribution in [-0.2, 0) is 23.4 Å². The smallest absolute Gasteiger partial charge is 0.222 e. The summed E-state index contributed by atoms with van der Waals surface area (Å²) in [5.74, 6) is 0.562. The van der Waals surface area contributed by atoms with E-state index in [0.29, 0.717) is 12.5 Å². The molecule has 1 saturated heterocycles. The summed E-state index contributed by atoms with van der Waals surface area (Å²) in [6.45, 7) is 17.2. The monoisotopic (exact) mass is 387 g/mol. The molecule has 1 aliphatic carbocycles. The van der Waals surface area contributed by atoms with Crippen LogP contribution in [0.3, 0.4) is 0 Å². The zero-order chi connectivity index (χ0) is 19.0. The third-order valence-electron chi connectivity index (χ3n) is 4.37. The van der Waals surface area contributed by atoms with Crippen molar-refractivity contribution >= 4 is 5.91 Å². The number of rotatable bonds is 2. The van der Waals surface area contributed by atoms with Gasteiger partial charge in [0.25, 0.3) is 0 Å². The van der Waals surface area contributed by atoms with Gasteiger partial charge in [-0.25, -0.2) is 5.26 Å². The molecule has 6 heteroatoms. The van der Waals surface area contributed by atoms with Crippen molar-refractivity contribution in [1.82, 2.24) is 9.80 Å². The third-order valence-corrected chi connectivity index (χ3v) is 4.37. The number of hydrogen-bond donors (Lipinski definition) is 0. The second kappa shape index (κ2) is 19.3. The van der Waals surface area contributed by atoms with Crippen LogP contribution in [0.2, 0.25) is 0 Å². The maximum absolute atomic E-state index is 11.6. The molecule has 1 saturated carbocycles. The van der Waals surface area contributed by atoms with Gasteiger partial charge in [0.1, 0.15) is 0 Å². The van der Waals surface area contributed by atoms with E-state index in [-0.39, 0.29) is 30.4 Å². The molecule has 0 atom stereocenters. The van der Waals surface area contributed by atoms with Crippen molar-refractivity contribution in [3.8, 4) is 12.6 Å². The first-order valence-corrected chi connectivity index (χ1v) is 9.41. The fourth-order valence-corrected chi connectivity index (χ4v) is 3.13. The molecule has 0 aromatic carbocycles. The van der Waals surface area contributed by atoms with Crippen LogP contribution in [0.25, 0.3) is 0 Å². The molecular formula is C19H36N4OV. The van der Waals surface area contributed by atoms with Crippen molar-refractivity contribution in [1.29, 1.82) is 10.5 Å². The van der Waals surface area contributed by atoms with E-state index >= 15 is 0 Å². The van der Waals surface area contributed by atoms with Crippen LogP contribution in [0.15, 0.2) is 0 Å². The molecule has 1 amide bonds. The first-order valence-electron chi connectivity index (χ1n) is 9.41. The van der Waals surface area contributed by atoms with Gasteiger partial charge in [-0.3, -0.25) is 9.69 Å². The molecule has 0 spiro atoms. The molecule has 2 fully saturated rings. The molecule has 25 heavy (non-hydrogen) atoms. The standard InChI is InChI=1S/C14H23N3O.2C2H6.CHN.V/c1-2-14(18)17-9-7-16(8-10-17)13-5-3-12(11-15)4-6-13;3*1-2;/h12-13H,2-10H2,1H3;2*1-2H3;1H;.